The molecule has 0 saturated heterocycles. The molecule has 0 fully saturated rings. The predicted molar refractivity (Wildman–Crippen MR) is 252 cm³/mol. The lowest BCUT2D eigenvalue weighted by molar-refractivity contribution is -0.887. The first-order valence-corrected chi connectivity index (χ1v) is 23.7. The molecule has 0 aromatic heterocycles. The molecule has 0 spiro atoms. The Morgan fingerprint density at radius 2 is 1.00 bits per heavy atom. The van der Waals surface area contributed by atoms with E-state index in [0.29, 0.717) is 19.3 Å². The highest BCUT2D eigenvalue weighted by molar-refractivity contribution is 5.72. The Labute approximate surface area is 367 Å². The number of aliphatic carboxylic acids is 1. The molecule has 8 heteroatoms. The van der Waals surface area contributed by atoms with Crippen LogP contribution >= 0.6 is 0 Å². The van der Waals surface area contributed by atoms with Crippen LogP contribution in [0.5, 0.6) is 0 Å². The van der Waals surface area contributed by atoms with E-state index in [-0.39, 0.29) is 36.2 Å². The summed E-state index contributed by atoms with van der Waals surface area (Å²) in [5.41, 5.74) is 0. The number of ether oxygens (including phenoxy) is 3. The summed E-state index contributed by atoms with van der Waals surface area (Å²) >= 11 is 0. The highest BCUT2D eigenvalue weighted by atomic mass is 16.6. The maximum absolute atomic E-state index is 12.8. The summed E-state index contributed by atoms with van der Waals surface area (Å²) < 4.78 is 17.3. The third-order valence-electron chi connectivity index (χ3n) is 10.1. The second-order valence-electron chi connectivity index (χ2n) is 16.7. The largest absolute Gasteiger partial charge is 0.477 e. The van der Waals surface area contributed by atoms with Gasteiger partial charge in [0.05, 0.1) is 34.4 Å². The van der Waals surface area contributed by atoms with Gasteiger partial charge in [-0.25, -0.2) is 4.79 Å². The second-order valence-corrected chi connectivity index (χ2v) is 16.7. The number of esters is 2. The molecule has 0 aromatic carbocycles. The van der Waals surface area contributed by atoms with Crippen molar-refractivity contribution in [3.05, 3.63) is 85.1 Å². The van der Waals surface area contributed by atoms with E-state index >= 15 is 0 Å². The van der Waals surface area contributed by atoms with E-state index in [9.17, 15) is 19.5 Å². The Morgan fingerprint density at radius 1 is 0.533 bits per heavy atom. The summed E-state index contributed by atoms with van der Waals surface area (Å²) in [5, 5.41) is 9.64. The normalized spacial score (nSPS) is 13.7. The number of hydrogen-bond acceptors (Lipinski definition) is 6. The predicted octanol–water partition coefficient (Wildman–Crippen LogP) is 13.3. The van der Waals surface area contributed by atoms with Crippen molar-refractivity contribution >= 4 is 17.9 Å². The molecule has 8 nitrogen and oxygen atoms in total. The van der Waals surface area contributed by atoms with E-state index in [1.54, 1.807) is 0 Å². The van der Waals surface area contributed by atoms with Gasteiger partial charge in [0.15, 0.2) is 12.1 Å². The molecule has 2 unspecified atom stereocenters. The van der Waals surface area contributed by atoms with E-state index in [1.807, 2.05) is 21.1 Å². The van der Waals surface area contributed by atoms with Gasteiger partial charge >= 0.3 is 17.9 Å². The molecule has 0 radical (unpaired) electrons. The average molecular weight is 839 g/mol. The number of allylic oxidation sites excluding steroid dienone is 14. The standard InChI is InChI=1S/C52H87NO7/c1-6-8-10-12-14-16-18-20-22-23-24-25-26-27-29-31-33-35-37-39-41-43-51(55)60-48(46-58-45-44-49(52(56)57)53(3,4)5)47-59-50(54)42-40-38-36-34-32-30-28-21-19-17-15-13-11-9-7-2/h9,11,13-17,19-20,22,24-25,27,29,48-49H,6-8,10,12,18,21,23,26,28,30-47H2,1-5H3/p+1/b11-9+,15-13+,16-14+,19-17+,22-20+,25-24+,29-27+. The van der Waals surface area contributed by atoms with Gasteiger partial charge in [-0.2, -0.15) is 0 Å². The monoisotopic (exact) mass is 839 g/mol. The van der Waals surface area contributed by atoms with E-state index < -0.39 is 18.1 Å². The first-order valence-electron chi connectivity index (χ1n) is 23.7. The van der Waals surface area contributed by atoms with Crippen LogP contribution < -0.4 is 0 Å². The number of likely N-dealkylation sites (N-methyl/N-ethyl adjacent to an activating group) is 1. The molecule has 2 atom stereocenters. The quantitative estimate of drug-likeness (QED) is 0.0215. The molecule has 0 aromatic rings. The van der Waals surface area contributed by atoms with Gasteiger partial charge in [0.1, 0.15) is 6.61 Å². The fraction of sp³-hybridized carbons (Fsp3) is 0.673. The molecule has 0 heterocycles. The third-order valence-corrected chi connectivity index (χ3v) is 10.1. The Kier molecular flexibility index (Phi) is 39.8. The van der Waals surface area contributed by atoms with Crippen LogP contribution in [0.1, 0.15) is 174 Å². The van der Waals surface area contributed by atoms with Crippen LogP contribution in [-0.2, 0) is 28.6 Å². The summed E-state index contributed by atoms with van der Waals surface area (Å²) in [5.74, 6) is -1.52. The minimum absolute atomic E-state index is 0.0444. The van der Waals surface area contributed by atoms with Crippen molar-refractivity contribution in [2.45, 2.75) is 187 Å². The van der Waals surface area contributed by atoms with Crippen molar-refractivity contribution in [1.29, 1.82) is 0 Å². The van der Waals surface area contributed by atoms with Crippen LogP contribution in [0.2, 0.25) is 0 Å². The highest BCUT2D eigenvalue weighted by Crippen LogP contribution is 2.13. The molecule has 0 aliphatic rings. The van der Waals surface area contributed by atoms with Crippen LogP contribution in [0.15, 0.2) is 85.1 Å². The third kappa shape index (κ3) is 39.9. The van der Waals surface area contributed by atoms with Gasteiger partial charge in [0.2, 0.25) is 0 Å². The fourth-order valence-corrected chi connectivity index (χ4v) is 6.43. The van der Waals surface area contributed by atoms with Gasteiger partial charge in [-0.15, -0.1) is 0 Å². The molecule has 0 aliphatic carbocycles. The zero-order valence-electron chi connectivity index (χ0n) is 38.9. The van der Waals surface area contributed by atoms with Crippen LogP contribution in [0, 0.1) is 0 Å². The van der Waals surface area contributed by atoms with Gasteiger partial charge in [0.25, 0.3) is 0 Å². The lowest BCUT2D eigenvalue weighted by atomic mass is 10.1. The van der Waals surface area contributed by atoms with Crippen molar-refractivity contribution in [1.82, 2.24) is 0 Å². The maximum Gasteiger partial charge on any atom is 0.362 e. The zero-order chi connectivity index (χ0) is 44.2. The lowest BCUT2D eigenvalue weighted by Gasteiger charge is -2.31. The van der Waals surface area contributed by atoms with Crippen LogP contribution in [0.4, 0.5) is 0 Å². The van der Waals surface area contributed by atoms with Gasteiger partial charge < -0.3 is 23.8 Å². The Bertz CT molecular complexity index is 1250. The summed E-state index contributed by atoms with van der Waals surface area (Å²) in [7, 11) is 5.51. The van der Waals surface area contributed by atoms with Crippen LogP contribution in [0.3, 0.4) is 0 Å². The van der Waals surface area contributed by atoms with Crippen molar-refractivity contribution < 1.29 is 38.2 Å². The number of carbonyl (C=O) groups is 3. The molecule has 0 bridgehead atoms. The number of carboxylic acids is 1. The summed E-state index contributed by atoms with van der Waals surface area (Å²) in [4.78, 5) is 37.1. The number of quaternary nitrogens is 1. The van der Waals surface area contributed by atoms with Crippen molar-refractivity contribution in [3.8, 4) is 0 Å². The van der Waals surface area contributed by atoms with E-state index in [4.69, 9.17) is 14.2 Å². The molecular weight excluding hydrogens is 751 g/mol. The summed E-state index contributed by atoms with van der Waals surface area (Å²) in [6.45, 7) is 4.53. The van der Waals surface area contributed by atoms with Gasteiger partial charge in [-0.05, 0) is 77.0 Å². The Balaban J connectivity index is 4.37. The molecule has 0 rings (SSSR count). The molecule has 1 N–H and O–H groups in total. The molecule has 0 aliphatic heterocycles. The van der Waals surface area contributed by atoms with Crippen LogP contribution in [0.25, 0.3) is 0 Å². The number of carbonyl (C=O) groups excluding carboxylic acids is 2. The summed E-state index contributed by atoms with van der Waals surface area (Å²) in [6, 6.07) is -0.625. The number of nitrogens with zero attached hydrogens (tertiary/aromatic N) is 1. The number of unbranched alkanes of at least 4 members (excludes halogenated alkanes) is 15. The Morgan fingerprint density at radius 3 is 1.52 bits per heavy atom. The number of rotatable bonds is 41. The molecule has 0 saturated carbocycles. The molecule has 342 valence electrons. The Hall–Kier alpha value is -3.49. The zero-order valence-corrected chi connectivity index (χ0v) is 38.9. The molecule has 60 heavy (non-hydrogen) atoms. The number of carboxylic acid groups (broad SMARTS) is 1. The van der Waals surface area contributed by atoms with Gasteiger partial charge in [-0.1, -0.05) is 163 Å². The fourth-order valence-electron chi connectivity index (χ4n) is 6.43. The molecular formula is C52H88NO7+. The molecule has 0 amide bonds. The van der Waals surface area contributed by atoms with Crippen LogP contribution in [-0.4, -0.2) is 80.6 Å². The van der Waals surface area contributed by atoms with E-state index in [0.717, 1.165) is 89.9 Å². The number of hydrogen-bond donors (Lipinski definition) is 1. The summed E-state index contributed by atoms with van der Waals surface area (Å²) in [6.07, 6.45) is 54.8. The van der Waals surface area contributed by atoms with Gasteiger partial charge in [-0.3, -0.25) is 9.59 Å². The van der Waals surface area contributed by atoms with Crippen molar-refractivity contribution in [2.24, 2.45) is 0 Å². The minimum Gasteiger partial charge on any atom is -0.477 e. The van der Waals surface area contributed by atoms with E-state index in [2.05, 4.69) is 98.9 Å². The highest BCUT2D eigenvalue weighted by Gasteiger charge is 2.31. The van der Waals surface area contributed by atoms with Crippen molar-refractivity contribution in [3.63, 3.8) is 0 Å². The maximum atomic E-state index is 12.8. The van der Waals surface area contributed by atoms with Gasteiger partial charge in [0, 0.05) is 19.3 Å². The first-order chi connectivity index (χ1) is 29.1. The minimum atomic E-state index is -0.884. The second kappa shape index (κ2) is 42.2. The smallest absolute Gasteiger partial charge is 0.362 e. The van der Waals surface area contributed by atoms with Crippen molar-refractivity contribution in [2.75, 3.05) is 41.0 Å². The first kappa shape index (κ1) is 56.5. The van der Waals surface area contributed by atoms with E-state index in [1.165, 1.54) is 51.4 Å². The lowest BCUT2D eigenvalue weighted by Crippen LogP contribution is -2.50. The SMILES string of the molecule is CC/C=C/C=C/C=C/CCCCCCCCCC(=O)OCC(COCCC(C(=O)O)[N+](C)(C)C)OC(=O)CCCCCCC/C=C/C/C=C/C/C=C/C/C=C/CCCCC. The average Bonchev–Trinajstić information content (AvgIpc) is 3.21. The topological polar surface area (TPSA) is 99.1 Å².